The lowest BCUT2D eigenvalue weighted by atomic mass is 10.1. The Morgan fingerprint density at radius 1 is 1.23 bits per heavy atom. The van der Waals surface area contributed by atoms with E-state index in [0.29, 0.717) is 22.0 Å². The van der Waals surface area contributed by atoms with Crippen molar-refractivity contribution in [3.63, 3.8) is 0 Å². The number of carbonyl (C=O) groups excluding carboxylic acids is 1. The highest BCUT2D eigenvalue weighted by Gasteiger charge is 2.15. The number of benzene rings is 2. The topological polar surface area (TPSA) is 61.2 Å². The van der Waals surface area contributed by atoms with E-state index in [1.165, 1.54) is 10.7 Å². The molecule has 7 heteroatoms. The van der Waals surface area contributed by atoms with E-state index in [9.17, 15) is 14.0 Å². The monoisotopic (exact) mass is 466 g/mol. The highest BCUT2D eigenvalue weighted by atomic mass is 127. The normalized spacial score (nSPS) is 10.9. The Morgan fingerprint density at radius 2 is 1.96 bits per heavy atom. The van der Waals surface area contributed by atoms with Crippen molar-refractivity contribution in [3.8, 4) is 0 Å². The van der Waals surface area contributed by atoms with Crippen LogP contribution in [-0.2, 0) is 22.5 Å². The molecule has 26 heavy (non-hydrogen) atoms. The van der Waals surface area contributed by atoms with Crippen LogP contribution in [0.15, 0.2) is 47.3 Å². The van der Waals surface area contributed by atoms with E-state index < -0.39 is 11.8 Å². The van der Waals surface area contributed by atoms with Crippen molar-refractivity contribution in [2.24, 2.45) is 0 Å². The Labute approximate surface area is 162 Å². The number of nitrogens with zero attached hydrogens (tertiary/aromatic N) is 2. The predicted octanol–water partition coefficient (Wildman–Crippen LogP) is 3.29. The Morgan fingerprint density at radius 3 is 2.65 bits per heavy atom. The average Bonchev–Trinajstić information content (AvgIpc) is 2.61. The van der Waals surface area contributed by atoms with Crippen LogP contribution in [0.3, 0.4) is 0 Å². The van der Waals surface area contributed by atoms with Gasteiger partial charge in [0.25, 0.3) is 5.56 Å². The third-order valence-corrected chi connectivity index (χ3v) is 4.57. The van der Waals surface area contributed by atoms with Gasteiger partial charge >= 0.3 is 5.97 Å². The number of carbonyl (C=O) groups is 1. The lowest BCUT2D eigenvalue weighted by molar-refractivity contribution is -0.142. The molecule has 2 aromatic carbocycles. The zero-order valence-electron chi connectivity index (χ0n) is 14.0. The molecule has 0 atom stereocenters. The molecule has 5 nitrogen and oxygen atoms in total. The summed E-state index contributed by atoms with van der Waals surface area (Å²) in [7, 11) is 0. The molecule has 0 saturated carbocycles. The van der Waals surface area contributed by atoms with E-state index in [0.717, 1.165) is 3.57 Å². The number of rotatable bonds is 5. The Kier molecular flexibility index (Phi) is 5.65. The fourth-order valence-corrected chi connectivity index (χ4v) is 3.16. The van der Waals surface area contributed by atoms with E-state index in [-0.39, 0.29) is 25.1 Å². The van der Waals surface area contributed by atoms with Crippen LogP contribution in [0.2, 0.25) is 0 Å². The SMILES string of the molecule is CCOC(=O)Cc1nn(Cc2ccc(I)cc2F)c(=O)c2ccccc12. The van der Waals surface area contributed by atoms with Crippen LogP contribution in [0.25, 0.3) is 10.8 Å². The number of halogens is 2. The molecule has 134 valence electrons. The minimum atomic E-state index is -0.421. The fraction of sp³-hybridized carbons (Fsp3) is 0.211. The maximum atomic E-state index is 14.2. The molecule has 0 aliphatic heterocycles. The van der Waals surface area contributed by atoms with Crippen LogP contribution in [0.1, 0.15) is 18.2 Å². The quantitative estimate of drug-likeness (QED) is 0.428. The van der Waals surface area contributed by atoms with Gasteiger partial charge in [-0.1, -0.05) is 24.3 Å². The summed E-state index contributed by atoms with van der Waals surface area (Å²) in [5, 5.41) is 5.36. The van der Waals surface area contributed by atoms with Crippen LogP contribution in [0.4, 0.5) is 4.39 Å². The largest absolute Gasteiger partial charge is 0.466 e. The van der Waals surface area contributed by atoms with E-state index in [2.05, 4.69) is 5.10 Å². The van der Waals surface area contributed by atoms with Crippen LogP contribution >= 0.6 is 22.6 Å². The highest BCUT2D eigenvalue weighted by molar-refractivity contribution is 14.1. The van der Waals surface area contributed by atoms with Crippen LogP contribution < -0.4 is 5.56 Å². The summed E-state index contributed by atoms with van der Waals surface area (Å²) < 4.78 is 21.1. The van der Waals surface area contributed by atoms with Gasteiger partial charge < -0.3 is 4.74 Å². The summed E-state index contributed by atoms with van der Waals surface area (Å²) in [6.45, 7) is 1.98. The Bertz CT molecular complexity index is 1030. The minimum absolute atomic E-state index is 0.0117. The summed E-state index contributed by atoms with van der Waals surface area (Å²) in [5.74, 6) is -0.818. The maximum absolute atomic E-state index is 14.2. The Hall–Kier alpha value is -2.29. The number of aromatic nitrogens is 2. The number of hydrogen-bond donors (Lipinski definition) is 0. The molecule has 0 N–H and O–H groups in total. The molecule has 0 bridgehead atoms. The molecule has 0 saturated heterocycles. The number of fused-ring (bicyclic) bond motifs is 1. The molecule has 0 amide bonds. The summed E-state index contributed by atoms with van der Waals surface area (Å²) in [6, 6.07) is 11.7. The van der Waals surface area contributed by atoms with E-state index in [1.54, 1.807) is 43.3 Å². The van der Waals surface area contributed by atoms with Gasteiger partial charge in [0.15, 0.2) is 0 Å². The van der Waals surface area contributed by atoms with Gasteiger partial charge in [0.1, 0.15) is 5.82 Å². The van der Waals surface area contributed by atoms with Gasteiger partial charge in [-0.2, -0.15) is 5.10 Å². The summed E-state index contributed by atoms with van der Waals surface area (Å²) in [4.78, 5) is 24.6. The second kappa shape index (κ2) is 7.94. The molecule has 0 spiro atoms. The van der Waals surface area contributed by atoms with Gasteiger partial charge in [0.2, 0.25) is 0 Å². The second-order valence-corrected chi connectivity index (χ2v) is 6.92. The fourth-order valence-electron chi connectivity index (χ4n) is 2.70. The second-order valence-electron chi connectivity index (χ2n) is 5.67. The molecule has 1 aromatic heterocycles. The van der Waals surface area contributed by atoms with Gasteiger partial charge in [-0.15, -0.1) is 0 Å². The van der Waals surface area contributed by atoms with Gasteiger partial charge in [0, 0.05) is 14.5 Å². The van der Waals surface area contributed by atoms with Crippen LogP contribution in [-0.4, -0.2) is 22.4 Å². The minimum Gasteiger partial charge on any atom is -0.466 e. The smallest absolute Gasteiger partial charge is 0.311 e. The van der Waals surface area contributed by atoms with E-state index >= 15 is 0 Å². The van der Waals surface area contributed by atoms with Gasteiger partial charge in [-0.25, -0.2) is 9.07 Å². The van der Waals surface area contributed by atoms with Crippen molar-refractivity contribution in [1.82, 2.24) is 9.78 Å². The van der Waals surface area contributed by atoms with Crippen molar-refractivity contribution >= 4 is 39.3 Å². The zero-order chi connectivity index (χ0) is 18.7. The predicted molar refractivity (Wildman–Crippen MR) is 105 cm³/mol. The van der Waals surface area contributed by atoms with Crippen molar-refractivity contribution < 1.29 is 13.9 Å². The van der Waals surface area contributed by atoms with Gasteiger partial charge in [-0.3, -0.25) is 9.59 Å². The lowest BCUT2D eigenvalue weighted by Gasteiger charge is -2.11. The number of esters is 1. The molecule has 0 radical (unpaired) electrons. The summed E-state index contributed by atoms with van der Waals surface area (Å²) in [6.07, 6.45) is -0.0518. The third kappa shape index (κ3) is 3.92. The number of ether oxygens (including phenoxy) is 1. The molecule has 1 heterocycles. The van der Waals surface area contributed by atoms with Crippen LogP contribution in [0, 0.1) is 9.39 Å². The molecule has 0 aliphatic rings. The maximum Gasteiger partial charge on any atom is 0.311 e. The highest BCUT2D eigenvalue weighted by Crippen LogP contribution is 2.16. The first-order chi connectivity index (χ1) is 12.5. The summed E-state index contributed by atoms with van der Waals surface area (Å²) in [5.41, 5.74) is 0.466. The van der Waals surface area contributed by atoms with Crippen molar-refractivity contribution in [2.45, 2.75) is 19.9 Å². The zero-order valence-corrected chi connectivity index (χ0v) is 16.2. The molecule has 3 rings (SSSR count). The van der Waals surface area contributed by atoms with Crippen molar-refractivity contribution in [1.29, 1.82) is 0 Å². The first-order valence-corrected chi connectivity index (χ1v) is 9.15. The van der Waals surface area contributed by atoms with E-state index in [4.69, 9.17) is 4.74 Å². The van der Waals surface area contributed by atoms with Crippen molar-refractivity contribution in [2.75, 3.05) is 6.61 Å². The molecule has 0 unspecified atom stereocenters. The molecule has 3 aromatic rings. The first-order valence-electron chi connectivity index (χ1n) is 8.08. The average molecular weight is 466 g/mol. The van der Waals surface area contributed by atoms with Gasteiger partial charge in [-0.05, 0) is 47.7 Å². The van der Waals surface area contributed by atoms with E-state index in [1.807, 2.05) is 22.6 Å². The molecule has 0 aliphatic carbocycles. The standard InChI is InChI=1S/C19H16FIN2O3/c1-2-26-18(24)10-17-14-5-3-4-6-15(14)19(25)23(22-17)11-12-7-8-13(21)9-16(12)20/h3-9H,2,10-11H2,1H3. The van der Waals surface area contributed by atoms with Crippen LogP contribution in [0.5, 0.6) is 0 Å². The summed E-state index contributed by atoms with van der Waals surface area (Å²) >= 11 is 2.02. The lowest BCUT2D eigenvalue weighted by Crippen LogP contribution is -2.26. The first kappa shape index (κ1) is 18.5. The Balaban J connectivity index is 2.09. The molecule has 0 fully saturated rings. The molecular formula is C19H16FIN2O3. The number of hydrogen-bond acceptors (Lipinski definition) is 4. The molecular weight excluding hydrogens is 450 g/mol. The third-order valence-electron chi connectivity index (χ3n) is 3.90. The van der Waals surface area contributed by atoms with Crippen molar-refractivity contribution in [3.05, 3.63) is 73.5 Å². The van der Waals surface area contributed by atoms with Gasteiger partial charge in [0.05, 0.1) is 30.7 Å².